The molecule has 2 aromatic heterocycles. The third kappa shape index (κ3) is 8.72. The van der Waals surface area contributed by atoms with Gasteiger partial charge in [-0.2, -0.15) is 0 Å². The van der Waals surface area contributed by atoms with E-state index in [1.54, 1.807) is 24.0 Å². The molecular formula is C28H32ClN9O4S. The predicted molar refractivity (Wildman–Crippen MR) is 166 cm³/mol. The van der Waals surface area contributed by atoms with Gasteiger partial charge in [0, 0.05) is 45.2 Å². The molecule has 15 heteroatoms. The van der Waals surface area contributed by atoms with Gasteiger partial charge in [0.15, 0.2) is 5.13 Å². The number of piperazine rings is 1. The number of aryl methyl sites for hydroxylation is 2. The van der Waals surface area contributed by atoms with Crippen LogP contribution in [0.2, 0.25) is 5.02 Å². The van der Waals surface area contributed by atoms with E-state index in [-0.39, 0.29) is 37.2 Å². The molecule has 0 saturated carbocycles. The standard InChI is InChI=1S/C28H32ClN9O4S/c1-4-23(39)31-16-24(40)30-9-8-25(41)38-12-10-37(11-13-38)22-14-21(33-18(3)34-22)35-28-32-15-20(43-28)27(42)36-26-17(2)6-5-7-19(26)29/h4-7,14-15H,1,8-13,16H2,2-3H3,(H,30,40)(H,31,39)(H,36,42)(H,32,33,34,35). The van der Waals surface area contributed by atoms with Crippen molar-refractivity contribution in [3.05, 3.63) is 64.4 Å². The summed E-state index contributed by atoms with van der Waals surface area (Å²) in [6.07, 6.45) is 2.74. The van der Waals surface area contributed by atoms with E-state index in [0.717, 1.165) is 11.6 Å². The number of hydrogen-bond acceptors (Lipinski definition) is 10. The molecule has 3 heterocycles. The lowest BCUT2D eigenvalue weighted by atomic mass is 10.2. The highest BCUT2D eigenvalue weighted by Crippen LogP contribution is 2.28. The highest BCUT2D eigenvalue weighted by atomic mass is 35.5. The van der Waals surface area contributed by atoms with Crippen molar-refractivity contribution in [2.75, 3.05) is 54.8 Å². The van der Waals surface area contributed by atoms with Crippen LogP contribution in [0.5, 0.6) is 0 Å². The zero-order valence-electron chi connectivity index (χ0n) is 23.8. The summed E-state index contributed by atoms with van der Waals surface area (Å²) in [6.45, 7) is 9.15. The van der Waals surface area contributed by atoms with Crippen molar-refractivity contribution in [3.8, 4) is 0 Å². The summed E-state index contributed by atoms with van der Waals surface area (Å²) in [7, 11) is 0. The minimum Gasteiger partial charge on any atom is -0.354 e. The Bertz CT molecular complexity index is 1500. The van der Waals surface area contributed by atoms with E-state index in [9.17, 15) is 19.2 Å². The lowest BCUT2D eigenvalue weighted by molar-refractivity contribution is -0.131. The molecule has 4 amide bonds. The molecule has 13 nitrogen and oxygen atoms in total. The molecule has 0 atom stereocenters. The lowest BCUT2D eigenvalue weighted by Crippen LogP contribution is -2.49. The average molecular weight is 626 g/mol. The van der Waals surface area contributed by atoms with Crippen LogP contribution in [0.3, 0.4) is 0 Å². The number of para-hydroxylation sites is 1. The van der Waals surface area contributed by atoms with E-state index in [4.69, 9.17) is 11.6 Å². The van der Waals surface area contributed by atoms with Crippen LogP contribution in [0.1, 0.15) is 27.5 Å². The lowest BCUT2D eigenvalue weighted by Gasteiger charge is -2.35. The summed E-state index contributed by atoms with van der Waals surface area (Å²) in [4.78, 5) is 65.9. The van der Waals surface area contributed by atoms with Gasteiger partial charge in [-0.25, -0.2) is 15.0 Å². The van der Waals surface area contributed by atoms with Crippen molar-refractivity contribution >= 4 is 69.0 Å². The van der Waals surface area contributed by atoms with E-state index in [1.165, 1.54) is 17.5 Å². The summed E-state index contributed by atoms with van der Waals surface area (Å²) in [6, 6.07) is 7.21. The van der Waals surface area contributed by atoms with Gasteiger partial charge in [0.25, 0.3) is 5.91 Å². The quantitative estimate of drug-likeness (QED) is 0.235. The predicted octanol–water partition coefficient (Wildman–Crippen LogP) is 2.66. The van der Waals surface area contributed by atoms with Crippen LogP contribution in [0, 0.1) is 13.8 Å². The average Bonchev–Trinajstić information content (AvgIpc) is 3.46. The fraction of sp³-hybridized carbons (Fsp3) is 0.321. The van der Waals surface area contributed by atoms with Crippen molar-refractivity contribution in [1.29, 1.82) is 0 Å². The van der Waals surface area contributed by atoms with E-state index < -0.39 is 5.91 Å². The number of carbonyl (C=O) groups excluding carboxylic acids is 4. The third-order valence-corrected chi connectivity index (χ3v) is 7.70. The Labute approximate surface area is 257 Å². The second kappa shape index (κ2) is 14.6. The van der Waals surface area contributed by atoms with Gasteiger partial charge in [0.1, 0.15) is 22.3 Å². The molecule has 1 aromatic carbocycles. The first-order chi connectivity index (χ1) is 20.6. The van der Waals surface area contributed by atoms with Gasteiger partial charge in [0.2, 0.25) is 17.7 Å². The van der Waals surface area contributed by atoms with Gasteiger partial charge in [-0.05, 0) is 31.6 Å². The minimum absolute atomic E-state index is 0.0652. The van der Waals surface area contributed by atoms with Crippen LogP contribution in [-0.4, -0.2) is 82.7 Å². The van der Waals surface area contributed by atoms with Crippen molar-refractivity contribution in [3.63, 3.8) is 0 Å². The second-order valence-corrected chi connectivity index (χ2v) is 11.0. The number of carbonyl (C=O) groups is 4. The number of nitrogens with one attached hydrogen (secondary N) is 4. The Hall–Kier alpha value is -4.56. The van der Waals surface area contributed by atoms with Crippen LogP contribution in [0.4, 0.5) is 22.5 Å². The first-order valence-electron chi connectivity index (χ1n) is 13.5. The maximum Gasteiger partial charge on any atom is 0.267 e. The topological polar surface area (TPSA) is 162 Å². The van der Waals surface area contributed by atoms with Gasteiger partial charge in [-0.3, -0.25) is 19.2 Å². The first-order valence-corrected chi connectivity index (χ1v) is 14.7. The van der Waals surface area contributed by atoms with Gasteiger partial charge in [0.05, 0.1) is 23.5 Å². The Morgan fingerprint density at radius 2 is 1.86 bits per heavy atom. The van der Waals surface area contributed by atoms with E-state index >= 15 is 0 Å². The Balaban J connectivity index is 1.28. The number of nitrogens with zero attached hydrogens (tertiary/aromatic N) is 5. The van der Waals surface area contributed by atoms with Gasteiger partial charge >= 0.3 is 0 Å². The van der Waals surface area contributed by atoms with Gasteiger partial charge in [-0.1, -0.05) is 41.6 Å². The Morgan fingerprint density at radius 3 is 2.58 bits per heavy atom. The van der Waals surface area contributed by atoms with Crippen molar-refractivity contribution in [1.82, 2.24) is 30.5 Å². The number of hydrogen-bond donors (Lipinski definition) is 4. The Kier molecular flexibility index (Phi) is 10.6. The SMILES string of the molecule is C=CC(=O)NCC(=O)NCCC(=O)N1CCN(c2cc(Nc3ncc(C(=O)Nc4c(C)cccc4Cl)s3)nc(C)n2)CC1. The molecule has 4 N–H and O–H groups in total. The molecule has 3 aromatic rings. The molecule has 0 unspecified atom stereocenters. The Morgan fingerprint density at radius 1 is 1.09 bits per heavy atom. The van der Waals surface area contributed by atoms with Crippen LogP contribution in [0.15, 0.2) is 43.1 Å². The smallest absolute Gasteiger partial charge is 0.267 e. The van der Waals surface area contributed by atoms with Crippen molar-refractivity contribution in [2.45, 2.75) is 20.3 Å². The van der Waals surface area contributed by atoms with Gasteiger partial charge in [-0.15, -0.1) is 0 Å². The largest absolute Gasteiger partial charge is 0.354 e. The molecular weight excluding hydrogens is 594 g/mol. The number of aromatic nitrogens is 3. The molecule has 0 spiro atoms. The summed E-state index contributed by atoms with van der Waals surface area (Å²) in [5.74, 6) is 0.609. The summed E-state index contributed by atoms with van der Waals surface area (Å²) in [5, 5.41) is 12.0. The summed E-state index contributed by atoms with van der Waals surface area (Å²) >= 11 is 7.43. The number of anilines is 4. The normalized spacial score (nSPS) is 12.8. The zero-order chi connectivity index (χ0) is 30.9. The monoisotopic (exact) mass is 625 g/mol. The fourth-order valence-corrected chi connectivity index (χ4v) is 5.23. The minimum atomic E-state index is -0.437. The van der Waals surface area contributed by atoms with Crippen LogP contribution < -0.4 is 26.2 Å². The molecule has 226 valence electrons. The molecule has 0 radical (unpaired) electrons. The zero-order valence-corrected chi connectivity index (χ0v) is 25.3. The van der Waals surface area contributed by atoms with Crippen LogP contribution in [0.25, 0.3) is 0 Å². The van der Waals surface area contributed by atoms with Crippen LogP contribution in [-0.2, 0) is 14.4 Å². The van der Waals surface area contributed by atoms with Crippen LogP contribution >= 0.6 is 22.9 Å². The molecule has 1 aliphatic heterocycles. The second-order valence-electron chi connectivity index (χ2n) is 9.59. The van der Waals surface area contributed by atoms with E-state index in [2.05, 4.69) is 47.7 Å². The van der Waals surface area contributed by atoms with Crippen molar-refractivity contribution in [2.24, 2.45) is 0 Å². The highest BCUT2D eigenvalue weighted by Gasteiger charge is 2.23. The summed E-state index contributed by atoms with van der Waals surface area (Å²) in [5.41, 5.74) is 1.42. The number of benzene rings is 1. The number of thiazole rings is 1. The maximum atomic E-state index is 12.8. The van der Waals surface area contributed by atoms with Gasteiger partial charge < -0.3 is 31.1 Å². The fourth-order valence-electron chi connectivity index (χ4n) is 4.24. The summed E-state index contributed by atoms with van der Waals surface area (Å²) < 4.78 is 0. The molecule has 0 aliphatic carbocycles. The molecule has 0 bridgehead atoms. The van der Waals surface area contributed by atoms with E-state index in [1.807, 2.05) is 19.1 Å². The highest BCUT2D eigenvalue weighted by molar-refractivity contribution is 7.17. The first kappa shape index (κ1) is 31.4. The van der Waals surface area contributed by atoms with Crippen molar-refractivity contribution < 1.29 is 19.2 Å². The molecule has 1 fully saturated rings. The molecule has 4 rings (SSSR count). The number of halogens is 1. The number of amides is 4. The molecule has 43 heavy (non-hydrogen) atoms. The molecule has 1 saturated heterocycles. The third-order valence-electron chi connectivity index (χ3n) is 6.48. The maximum absolute atomic E-state index is 12.8. The van der Waals surface area contributed by atoms with E-state index in [0.29, 0.717) is 64.4 Å². The number of rotatable bonds is 11. The molecule has 1 aliphatic rings.